The van der Waals surface area contributed by atoms with Crippen LogP contribution < -0.4 is 0 Å². The fourth-order valence-electron chi connectivity index (χ4n) is 6.12. The van der Waals surface area contributed by atoms with Gasteiger partial charge in [-0.05, 0) is 92.6 Å². The lowest BCUT2D eigenvalue weighted by Gasteiger charge is -2.37. The molecule has 3 aromatic rings. The number of aryl methyl sites for hydroxylation is 1. The first kappa shape index (κ1) is 24.4. The maximum absolute atomic E-state index is 12.9. The average molecular weight is 484 g/mol. The molecule has 2 bridgehead atoms. The monoisotopic (exact) mass is 483 g/mol. The highest BCUT2D eigenvalue weighted by molar-refractivity contribution is 5.95. The van der Waals surface area contributed by atoms with E-state index < -0.39 is 0 Å². The smallest absolute Gasteiger partial charge is 0.253 e. The predicted octanol–water partition coefficient (Wildman–Crippen LogP) is 5.84. The molecule has 1 N–H and O–H groups in total. The number of aromatic nitrogens is 1. The highest BCUT2D eigenvalue weighted by Gasteiger charge is 2.39. The first-order chi connectivity index (χ1) is 17.5. The van der Waals surface area contributed by atoms with Crippen molar-refractivity contribution in [3.8, 4) is 5.75 Å². The Labute approximate surface area is 214 Å². The lowest BCUT2D eigenvalue weighted by Crippen LogP contribution is -2.40. The molecule has 1 amide bonds. The molecular formula is C31H37N3O2. The van der Waals surface area contributed by atoms with Gasteiger partial charge in [0, 0.05) is 56.2 Å². The van der Waals surface area contributed by atoms with E-state index >= 15 is 0 Å². The average Bonchev–Trinajstić information content (AvgIpc) is 3.38. The number of fused-ring (bicyclic) bond motifs is 2. The molecule has 2 aliphatic rings. The predicted molar refractivity (Wildman–Crippen MR) is 145 cm³/mol. The Balaban J connectivity index is 1.49. The Morgan fingerprint density at radius 2 is 1.58 bits per heavy atom. The summed E-state index contributed by atoms with van der Waals surface area (Å²) in [5.74, 6) is 0.355. The molecule has 2 aliphatic heterocycles. The zero-order valence-corrected chi connectivity index (χ0v) is 21.7. The zero-order chi connectivity index (χ0) is 25.2. The number of rotatable bonds is 7. The third kappa shape index (κ3) is 4.72. The second kappa shape index (κ2) is 10.4. The summed E-state index contributed by atoms with van der Waals surface area (Å²) in [5, 5.41) is 10.3. The molecule has 3 heterocycles. The van der Waals surface area contributed by atoms with Crippen LogP contribution >= 0.6 is 0 Å². The van der Waals surface area contributed by atoms with Gasteiger partial charge in [0.2, 0.25) is 0 Å². The van der Waals surface area contributed by atoms with Crippen molar-refractivity contribution in [2.24, 2.45) is 7.05 Å². The van der Waals surface area contributed by atoms with Gasteiger partial charge in [-0.25, -0.2) is 0 Å². The first-order valence-corrected chi connectivity index (χ1v) is 13.3. The van der Waals surface area contributed by atoms with Crippen molar-refractivity contribution in [3.05, 3.63) is 94.8 Å². The van der Waals surface area contributed by atoms with E-state index in [0.29, 0.717) is 25.2 Å². The second-order valence-electron chi connectivity index (χ2n) is 10.2. The number of phenolic OH excluding ortho intramolecular Hbond substituents is 1. The molecule has 0 spiro atoms. The summed E-state index contributed by atoms with van der Waals surface area (Å²) in [6.07, 6.45) is 6.64. The molecule has 0 saturated carbocycles. The number of aromatic hydroxyl groups is 1. The van der Waals surface area contributed by atoms with Crippen LogP contribution in [-0.4, -0.2) is 50.6 Å². The van der Waals surface area contributed by atoms with Crippen molar-refractivity contribution in [3.63, 3.8) is 0 Å². The summed E-state index contributed by atoms with van der Waals surface area (Å²) < 4.78 is 2.23. The Kier molecular flexibility index (Phi) is 7.01. The molecular weight excluding hydrogens is 446 g/mol. The summed E-state index contributed by atoms with van der Waals surface area (Å²) in [6, 6.07) is 21.1. The molecule has 2 unspecified atom stereocenters. The summed E-state index contributed by atoms with van der Waals surface area (Å²) in [6.45, 7) is 6.43. The van der Waals surface area contributed by atoms with E-state index in [2.05, 4.69) is 53.0 Å². The van der Waals surface area contributed by atoms with E-state index in [4.69, 9.17) is 0 Å². The molecule has 2 fully saturated rings. The van der Waals surface area contributed by atoms with Crippen LogP contribution in [0.2, 0.25) is 0 Å². The van der Waals surface area contributed by atoms with Gasteiger partial charge in [0.25, 0.3) is 5.91 Å². The number of amides is 1. The summed E-state index contributed by atoms with van der Waals surface area (Å²) in [5.41, 5.74) is 6.91. The topological polar surface area (TPSA) is 48.7 Å². The van der Waals surface area contributed by atoms with Gasteiger partial charge in [-0.2, -0.15) is 0 Å². The lowest BCUT2D eigenvalue weighted by atomic mass is 9.85. The number of carbonyl (C=O) groups is 1. The van der Waals surface area contributed by atoms with E-state index in [1.165, 1.54) is 29.7 Å². The van der Waals surface area contributed by atoms with Crippen molar-refractivity contribution in [2.75, 3.05) is 13.1 Å². The molecule has 188 valence electrons. The Bertz CT molecular complexity index is 1240. The fourth-order valence-corrected chi connectivity index (χ4v) is 6.12. The minimum atomic E-state index is 0.0742. The van der Waals surface area contributed by atoms with Gasteiger partial charge in [0.1, 0.15) is 5.75 Å². The molecule has 0 radical (unpaired) electrons. The molecule has 2 saturated heterocycles. The van der Waals surface area contributed by atoms with Gasteiger partial charge in [-0.15, -0.1) is 0 Å². The number of hydrogen-bond donors (Lipinski definition) is 1. The van der Waals surface area contributed by atoms with E-state index in [0.717, 1.165) is 36.1 Å². The van der Waals surface area contributed by atoms with Gasteiger partial charge in [0.15, 0.2) is 0 Å². The molecule has 5 heteroatoms. The van der Waals surface area contributed by atoms with Crippen LogP contribution in [0.15, 0.2) is 72.4 Å². The molecule has 2 aromatic carbocycles. The third-order valence-electron chi connectivity index (χ3n) is 8.09. The van der Waals surface area contributed by atoms with Crippen LogP contribution in [-0.2, 0) is 13.6 Å². The Morgan fingerprint density at radius 1 is 0.917 bits per heavy atom. The van der Waals surface area contributed by atoms with Crippen molar-refractivity contribution in [1.29, 1.82) is 0 Å². The van der Waals surface area contributed by atoms with Crippen molar-refractivity contribution >= 4 is 11.5 Å². The van der Waals surface area contributed by atoms with Crippen LogP contribution in [0.3, 0.4) is 0 Å². The normalized spacial score (nSPS) is 19.5. The molecule has 5 rings (SSSR count). The molecule has 36 heavy (non-hydrogen) atoms. The molecule has 0 aliphatic carbocycles. The van der Waals surface area contributed by atoms with Gasteiger partial charge in [0.05, 0.1) is 0 Å². The maximum Gasteiger partial charge on any atom is 0.253 e. The van der Waals surface area contributed by atoms with E-state index in [1.54, 1.807) is 6.07 Å². The highest BCUT2D eigenvalue weighted by Crippen LogP contribution is 2.43. The van der Waals surface area contributed by atoms with E-state index in [9.17, 15) is 9.90 Å². The summed E-state index contributed by atoms with van der Waals surface area (Å²) in [7, 11) is 2.13. The van der Waals surface area contributed by atoms with Crippen molar-refractivity contribution in [1.82, 2.24) is 14.4 Å². The van der Waals surface area contributed by atoms with Crippen molar-refractivity contribution < 1.29 is 9.90 Å². The van der Waals surface area contributed by atoms with Crippen LogP contribution in [0, 0.1) is 0 Å². The Hall–Kier alpha value is -3.31. The van der Waals surface area contributed by atoms with Gasteiger partial charge in [-0.3, -0.25) is 9.69 Å². The highest BCUT2D eigenvalue weighted by atomic mass is 16.3. The third-order valence-corrected chi connectivity index (χ3v) is 8.09. The van der Waals surface area contributed by atoms with Crippen LogP contribution in [0.1, 0.15) is 66.7 Å². The second-order valence-corrected chi connectivity index (χ2v) is 10.2. The molecule has 2 atom stereocenters. The van der Waals surface area contributed by atoms with E-state index in [1.807, 2.05) is 43.0 Å². The summed E-state index contributed by atoms with van der Waals surface area (Å²) in [4.78, 5) is 17.4. The van der Waals surface area contributed by atoms with Crippen LogP contribution in [0.25, 0.3) is 5.57 Å². The fraction of sp³-hybridized carbons (Fsp3) is 0.387. The Morgan fingerprint density at radius 3 is 2.17 bits per heavy atom. The summed E-state index contributed by atoms with van der Waals surface area (Å²) >= 11 is 0. The van der Waals surface area contributed by atoms with Crippen molar-refractivity contribution in [2.45, 2.75) is 58.2 Å². The van der Waals surface area contributed by atoms with Gasteiger partial charge in [-0.1, -0.05) is 29.8 Å². The SMILES string of the molecule is CCN(CC)C(=O)c1ccc(C(=C2CC3CCC(C2)N3Cc2cccn2C)c2cccc(O)c2)cc1. The zero-order valence-electron chi connectivity index (χ0n) is 21.7. The lowest BCUT2D eigenvalue weighted by molar-refractivity contribution is 0.0773. The number of carbonyl (C=O) groups excluding carboxylic acids is 1. The largest absolute Gasteiger partial charge is 0.508 e. The van der Waals surface area contributed by atoms with E-state index in [-0.39, 0.29) is 11.7 Å². The van der Waals surface area contributed by atoms with Crippen LogP contribution in [0.4, 0.5) is 0 Å². The van der Waals surface area contributed by atoms with Crippen LogP contribution in [0.5, 0.6) is 5.75 Å². The number of nitrogens with zero attached hydrogens (tertiary/aromatic N) is 3. The molecule has 5 nitrogen and oxygen atoms in total. The van der Waals surface area contributed by atoms with Gasteiger partial charge < -0.3 is 14.6 Å². The maximum atomic E-state index is 12.9. The number of phenols is 1. The standard InChI is InChI=1S/C31H37N3O2/c1-4-33(5-2)31(36)23-13-11-22(12-14-23)30(24-8-6-10-29(35)20-24)25-18-26-15-16-27(19-25)34(26)21-28-9-7-17-32(28)3/h6-14,17,20,26-27,35H,4-5,15-16,18-19,21H2,1-3H3. The number of piperidine rings is 1. The number of hydrogen-bond acceptors (Lipinski definition) is 3. The quantitative estimate of drug-likeness (QED) is 0.459. The minimum absolute atomic E-state index is 0.0742. The van der Waals surface area contributed by atoms with Gasteiger partial charge >= 0.3 is 0 Å². The first-order valence-electron chi connectivity index (χ1n) is 13.3. The molecule has 1 aromatic heterocycles. The minimum Gasteiger partial charge on any atom is -0.508 e. The number of benzene rings is 2.